The predicted octanol–water partition coefficient (Wildman–Crippen LogP) is 0.0204. The van der Waals surface area contributed by atoms with E-state index in [0.29, 0.717) is 13.1 Å². The van der Waals surface area contributed by atoms with Crippen LogP contribution in [0.4, 0.5) is 5.82 Å². The first-order chi connectivity index (χ1) is 6.61. The zero-order valence-corrected chi connectivity index (χ0v) is 7.71. The number of carboxylic acids is 1. The van der Waals surface area contributed by atoms with Gasteiger partial charge in [-0.3, -0.25) is 4.79 Å². The lowest BCUT2D eigenvalue weighted by Crippen LogP contribution is -2.22. The summed E-state index contributed by atoms with van der Waals surface area (Å²) in [7, 11) is 0. The van der Waals surface area contributed by atoms with Crippen molar-refractivity contribution in [2.45, 2.75) is 6.54 Å². The summed E-state index contributed by atoms with van der Waals surface area (Å²) < 4.78 is 1.46. The molecule has 1 aliphatic heterocycles. The molecule has 0 atom stereocenters. The van der Waals surface area contributed by atoms with Crippen LogP contribution in [0.1, 0.15) is 10.4 Å². The van der Waals surface area contributed by atoms with Crippen molar-refractivity contribution >= 4 is 23.4 Å². The van der Waals surface area contributed by atoms with Crippen LogP contribution in [0, 0.1) is 0 Å². The van der Waals surface area contributed by atoms with E-state index in [4.69, 9.17) is 16.7 Å². The number of nitrogens with zero attached hydrogens (tertiary/aromatic N) is 2. The SMILES string of the molecule is O=C(O)c1c2n(c(Cl)nc1=O)CCN2. The second kappa shape index (κ2) is 2.98. The lowest BCUT2D eigenvalue weighted by molar-refractivity contribution is 0.0695. The van der Waals surface area contributed by atoms with Crippen molar-refractivity contribution in [3.63, 3.8) is 0 Å². The summed E-state index contributed by atoms with van der Waals surface area (Å²) in [4.78, 5) is 25.4. The smallest absolute Gasteiger partial charge is 0.345 e. The average molecular weight is 216 g/mol. The Morgan fingerprint density at radius 1 is 1.64 bits per heavy atom. The van der Waals surface area contributed by atoms with Crippen molar-refractivity contribution in [1.82, 2.24) is 9.55 Å². The molecule has 2 heterocycles. The Labute approximate surface area is 83.1 Å². The second-order valence-corrected chi connectivity index (χ2v) is 3.13. The van der Waals surface area contributed by atoms with E-state index in [1.54, 1.807) is 0 Å². The number of rotatable bonds is 1. The molecule has 0 radical (unpaired) electrons. The number of halogens is 1. The van der Waals surface area contributed by atoms with Crippen LogP contribution >= 0.6 is 11.6 Å². The standard InChI is InChI=1S/C7H6ClN3O3/c8-7-10-5(12)3(6(13)14)4-9-1-2-11(4)7/h9H,1-2H2,(H,13,14). The van der Waals surface area contributed by atoms with Crippen LogP contribution in [-0.2, 0) is 6.54 Å². The fourth-order valence-corrected chi connectivity index (χ4v) is 1.64. The van der Waals surface area contributed by atoms with E-state index in [0.717, 1.165) is 0 Å². The van der Waals surface area contributed by atoms with Gasteiger partial charge in [-0.25, -0.2) is 4.79 Å². The highest BCUT2D eigenvalue weighted by molar-refractivity contribution is 6.28. The molecule has 0 unspecified atom stereocenters. The van der Waals surface area contributed by atoms with Gasteiger partial charge in [0.2, 0.25) is 5.28 Å². The molecule has 0 saturated heterocycles. The van der Waals surface area contributed by atoms with E-state index in [1.807, 2.05) is 0 Å². The van der Waals surface area contributed by atoms with Crippen molar-refractivity contribution in [2.24, 2.45) is 0 Å². The molecule has 14 heavy (non-hydrogen) atoms. The molecule has 74 valence electrons. The number of fused-ring (bicyclic) bond motifs is 1. The van der Waals surface area contributed by atoms with Gasteiger partial charge in [-0.2, -0.15) is 4.98 Å². The highest BCUT2D eigenvalue weighted by Gasteiger charge is 2.24. The average Bonchev–Trinajstić information content (AvgIpc) is 2.51. The summed E-state index contributed by atoms with van der Waals surface area (Å²) in [6.07, 6.45) is 0. The van der Waals surface area contributed by atoms with Gasteiger partial charge >= 0.3 is 5.97 Å². The molecule has 7 heteroatoms. The number of hydrogen-bond acceptors (Lipinski definition) is 4. The van der Waals surface area contributed by atoms with E-state index >= 15 is 0 Å². The van der Waals surface area contributed by atoms with E-state index in [2.05, 4.69) is 10.3 Å². The third-order valence-corrected chi connectivity index (χ3v) is 2.27. The Morgan fingerprint density at radius 2 is 2.36 bits per heavy atom. The van der Waals surface area contributed by atoms with Crippen LogP contribution in [0.2, 0.25) is 5.28 Å². The van der Waals surface area contributed by atoms with Gasteiger partial charge in [0.15, 0.2) is 5.56 Å². The molecular weight excluding hydrogens is 210 g/mol. The number of aromatic nitrogens is 2. The van der Waals surface area contributed by atoms with Gasteiger partial charge in [-0.15, -0.1) is 0 Å². The molecule has 2 N–H and O–H groups in total. The van der Waals surface area contributed by atoms with Crippen molar-refractivity contribution in [1.29, 1.82) is 0 Å². The van der Waals surface area contributed by atoms with Crippen LogP contribution in [0.5, 0.6) is 0 Å². The molecule has 2 rings (SSSR count). The number of anilines is 1. The van der Waals surface area contributed by atoms with E-state index in [9.17, 15) is 9.59 Å². The zero-order chi connectivity index (χ0) is 10.3. The lowest BCUT2D eigenvalue weighted by atomic mass is 10.3. The first kappa shape index (κ1) is 9.01. The zero-order valence-electron chi connectivity index (χ0n) is 6.95. The maximum Gasteiger partial charge on any atom is 0.345 e. The maximum atomic E-state index is 11.2. The van der Waals surface area contributed by atoms with Gasteiger partial charge in [0.1, 0.15) is 5.82 Å². The molecule has 0 fully saturated rings. The Balaban J connectivity index is 2.78. The number of nitrogens with one attached hydrogen (secondary N) is 1. The highest BCUT2D eigenvalue weighted by atomic mass is 35.5. The summed E-state index contributed by atoms with van der Waals surface area (Å²) in [5, 5.41) is 11.6. The summed E-state index contributed by atoms with van der Waals surface area (Å²) in [6, 6.07) is 0. The Hall–Kier alpha value is -1.56. The number of carboxylic acid groups (broad SMARTS) is 1. The molecule has 0 bridgehead atoms. The normalized spacial score (nSPS) is 13.5. The summed E-state index contributed by atoms with van der Waals surface area (Å²) in [6.45, 7) is 1.06. The van der Waals surface area contributed by atoms with Crippen LogP contribution in [-0.4, -0.2) is 27.2 Å². The van der Waals surface area contributed by atoms with Crippen LogP contribution in [0.25, 0.3) is 0 Å². The van der Waals surface area contributed by atoms with Crippen molar-refractivity contribution in [3.8, 4) is 0 Å². The van der Waals surface area contributed by atoms with E-state index in [1.165, 1.54) is 4.57 Å². The molecule has 1 aromatic heterocycles. The summed E-state index contributed by atoms with van der Waals surface area (Å²) in [5.41, 5.74) is -1.17. The van der Waals surface area contributed by atoms with Gasteiger partial charge < -0.3 is 15.0 Å². The van der Waals surface area contributed by atoms with Gasteiger partial charge in [0.05, 0.1) is 0 Å². The quantitative estimate of drug-likeness (QED) is 0.646. The third-order valence-electron chi connectivity index (χ3n) is 1.98. The Morgan fingerprint density at radius 3 is 3.00 bits per heavy atom. The first-order valence-corrected chi connectivity index (χ1v) is 4.26. The lowest BCUT2D eigenvalue weighted by Gasteiger charge is -2.06. The fraction of sp³-hybridized carbons (Fsp3) is 0.286. The minimum absolute atomic E-state index is 0.0139. The van der Waals surface area contributed by atoms with Crippen molar-refractivity contribution < 1.29 is 9.90 Å². The minimum Gasteiger partial charge on any atom is -0.477 e. The van der Waals surface area contributed by atoms with Gasteiger partial charge in [0.25, 0.3) is 5.56 Å². The van der Waals surface area contributed by atoms with Gasteiger partial charge in [-0.1, -0.05) is 0 Å². The Kier molecular flexibility index (Phi) is 1.92. The fourth-order valence-electron chi connectivity index (χ4n) is 1.40. The van der Waals surface area contributed by atoms with Gasteiger partial charge in [-0.05, 0) is 11.6 Å². The van der Waals surface area contributed by atoms with Crippen molar-refractivity contribution in [3.05, 3.63) is 21.2 Å². The van der Waals surface area contributed by atoms with E-state index < -0.39 is 11.5 Å². The second-order valence-electron chi connectivity index (χ2n) is 2.79. The molecule has 1 aliphatic rings. The molecule has 0 amide bonds. The maximum absolute atomic E-state index is 11.2. The van der Waals surface area contributed by atoms with Gasteiger partial charge in [0, 0.05) is 13.1 Å². The molecule has 0 aromatic carbocycles. The molecule has 0 saturated carbocycles. The molecule has 1 aromatic rings. The van der Waals surface area contributed by atoms with Crippen molar-refractivity contribution in [2.75, 3.05) is 11.9 Å². The summed E-state index contributed by atoms with van der Waals surface area (Å²) in [5.74, 6) is -1.06. The molecule has 0 spiro atoms. The molecule has 6 nitrogen and oxygen atoms in total. The van der Waals surface area contributed by atoms with Crippen LogP contribution in [0.15, 0.2) is 4.79 Å². The molecule has 0 aliphatic carbocycles. The topological polar surface area (TPSA) is 84.2 Å². The largest absolute Gasteiger partial charge is 0.477 e. The number of hydrogen-bond donors (Lipinski definition) is 2. The minimum atomic E-state index is -1.29. The Bertz CT molecular complexity index is 468. The summed E-state index contributed by atoms with van der Waals surface area (Å²) >= 11 is 5.67. The highest BCUT2D eigenvalue weighted by Crippen LogP contribution is 2.20. The predicted molar refractivity (Wildman–Crippen MR) is 49.0 cm³/mol. The monoisotopic (exact) mass is 215 g/mol. The van der Waals surface area contributed by atoms with Crippen LogP contribution < -0.4 is 10.9 Å². The van der Waals surface area contributed by atoms with E-state index in [-0.39, 0.29) is 16.7 Å². The first-order valence-electron chi connectivity index (χ1n) is 3.89. The third kappa shape index (κ3) is 1.15. The number of aromatic carboxylic acids is 1. The van der Waals surface area contributed by atoms with Crippen LogP contribution in [0.3, 0.4) is 0 Å². The molecular formula is C7H6ClN3O3. The number of carbonyl (C=O) groups is 1.